The zero-order chi connectivity index (χ0) is 26.4. The van der Waals surface area contributed by atoms with Crippen molar-refractivity contribution < 1.29 is 18.7 Å². The van der Waals surface area contributed by atoms with Gasteiger partial charge in [0.05, 0.1) is 11.0 Å². The molecular weight excluding hydrogens is 553 g/mol. The van der Waals surface area contributed by atoms with Crippen LogP contribution in [0.15, 0.2) is 76.2 Å². The highest BCUT2D eigenvalue weighted by Gasteiger charge is 2.41. The predicted octanol–water partition coefficient (Wildman–Crippen LogP) is 3.26. The maximum Gasteiger partial charge on any atom is 0.270 e. The van der Waals surface area contributed by atoms with Crippen LogP contribution in [0.2, 0.25) is 0 Å². The van der Waals surface area contributed by atoms with E-state index < -0.39 is 12.3 Å². The summed E-state index contributed by atoms with van der Waals surface area (Å²) in [5, 5.41) is 10.9. The molecule has 6 rings (SSSR count). The summed E-state index contributed by atoms with van der Waals surface area (Å²) in [5.41, 5.74) is 3.30. The van der Waals surface area contributed by atoms with Crippen molar-refractivity contribution in [2.45, 2.75) is 25.7 Å². The number of halogens is 2. The molecule has 190 valence electrons. The molecule has 0 aliphatic carbocycles. The third-order valence-electron chi connectivity index (χ3n) is 6.54. The second-order valence-corrected chi connectivity index (χ2v) is 10.0. The molecular formula is C28H21BrFN5O3. The highest BCUT2D eigenvalue weighted by Crippen LogP contribution is 2.36. The number of carbonyl (C=O) groups excluding carboxylic acids is 2. The van der Waals surface area contributed by atoms with E-state index in [9.17, 15) is 14.0 Å². The van der Waals surface area contributed by atoms with Gasteiger partial charge in [-0.05, 0) is 79.6 Å². The minimum atomic E-state index is -0.778. The van der Waals surface area contributed by atoms with Crippen LogP contribution in [0.25, 0.3) is 23.0 Å². The first-order valence-corrected chi connectivity index (χ1v) is 12.8. The molecule has 0 N–H and O–H groups in total. The Hall–Kier alpha value is -4.02. The van der Waals surface area contributed by atoms with Gasteiger partial charge >= 0.3 is 0 Å². The van der Waals surface area contributed by atoms with E-state index in [-0.39, 0.29) is 17.6 Å². The summed E-state index contributed by atoms with van der Waals surface area (Å²) in [5.74, 6) is -0.785. The molecule has 1 saturated heterocycles. The maximum atomic E-state index is 13.7. The van der Waals surface area contributed by atoms with Crippen molar-refractivity contribution in [1.82, 2.24) is 19.9 Å². The molecule has 8 nitrogen and oxygen atoms in total. The van der Waals surface area contributed by atoms with Gasteiger partial charge < -0.3 is 9.64 Å². The minimum Gasteiger partial charge on any atom is -0.339 e. The van der Waals surface area contributed by atoms with Gasteiger partial charge in [0.1, 0.15) is 23.3 Å². The lowest BCUT2D eigenvalue weighted by atomic mass is 10.1. The normalized spacial score (nSPS) is 18.4. The van der Waals surface area contributed by atoms with Crippen molar-refractivity contribution in [2.24, 2.45) is 4.99 Å². The van der Waals surface area contributed by atoms with Crippen molar-refractivity contribution in [3.05, 3.63) is 98.9 Å². The zero-order valence-electron chi connectivity index (χ0n) is 20.2. The number of ether oxygens (including phenoxy) is 1. The topological polar surface area (TPSA) is 89.7 Å². The quantitative estimate of drug-likeness (QED) is 0.353. The van der Waals surface area contributed by atoms with Gasteiger partial charge in [0, 0.05) is 27.9 Å². The van der Waals surface area contributed by atoms with E-state index in [1.54, 1.807) is 24.0 Å². The highest BCUT2D eigenvalue weighted by atomic mass is 79.9. The van der Waals surface area contributed by atoms with Crippen LogP contribution in [-0.2, 0) is 20.7 Å². The molecule has 0 bridgehead atoms. The average Bonchev–Trinajstić information content (AvgIpc) is 3.58. The van der Waals surface area contributed by atoms with Gasteiger partial charge in [-0.3, -0.25) is 9.59 Å². The van der Waals surface area contributed by atoms with Crippen LogP contribution in [0.4, 0.5) is 4.39 Å². The maximum absolute atomic E-state index is 13.7. The van der Waals surface area contributed by atoms with Crippen LogP contribution in [0.5, 0.6) is 0 Å². The van der Waals surface area contributed by atoms with Crippen LogP contribution in [-0.4, -0.2) is 44.4 Å². The van der Waals surface area contributed by atoms with Crippen LogP contribution >= 0.6 is 15.9 Å². The van der Waals surface area contributed by atoms with Crippen LogP contribution < -0.4 is 10.6 Å². The average molecular weight is 574 g/mol. The van der Waals surface area contributed by atoms with Crippen molar-refractivity contribution in [1.29, 1.82) is 0 Å². The second-order valence-electron chi connectivity index (χ2n) is 9.11. The Morgan fingerprint density at radius 2 is 1.76 bits per heavy atom. The molecule has 38 heavy (non-hydrogen) atoms. The summed E-state index contributed by atoms with van der Waals surface area (Å²) in [6.07, 6.45) is 0.604. The highest BCUT2D eigenvalue weighted by molar-refractivity contribution is 9.10. The number of aromatic nitrogens is 3. The molecule has 1 aromatic heterocycles. The Labute approximate surface area is 225 Å². The van der Waals surface area contributed by atoms with E-state index in [4.69, 9.17) is 14.9 Å². The Bertz CT molecular complexity index is 1690. The Morgan fingerprint density at radius 3 is 2.53 bits per heavy atom. The number of carbonyl (C=O) groups is 2. The smallest absolute Gasteiger partial charge is 0.270 e. The number of amides is 2. The molecule has 2 aliphatic rings. The van der Waals surface area contributed by atoms with Crippen molar-refractivity contribution in [3.63, 3.8) is 0 Å². The number of fused-ring (bicyclic) bond motifs is 1. The monoisotopic (exact) mass is 573 g/mol. The summed E-state index contributed by atoms with van der Waals surface area (Å²) in [4.78, 5) is 31.9. The molecule has 2 aliphatic heterocycles. The van der Waals surface area contributed by atoms with Crippen LogP contribution in [0.3, 0.4) is 0 Å². The van der Waals surface area contributed by atoms with E-state index in [2.05, 4.69) is 20.9 Å². The number of hydrogen-bond acceptors (Lipinski definition) is 5. The van der Waals surface area contributed by atoms with Gasteiger partial charge in [0.15, 0.2) is 6.23 Å². The van der Waals surface area contributed by atoms with E-state index >= 15 is 0 Å². The zero-order valence-corrected chi connectivity index (χ0v) is 21.8. The van der Waals surface area contributed by atoms with Crippen molar-refractivity contribution >= 4 is 33.8 Å². The first-order valence-electron chi connectivity index (χ1n) is 12.0. The van der Waals surface area contributed by atoms with Gasteiger partial charge in [-0.1, -0.05) is 22.0 Å². The number of rotatable bonds is 6. The molecule has 4 aromatic rings. The largest absolute Gasteiger partial charge is 0.339 e. The van der Waals surface area contributed by atoms with Gasteiger partial charge in [-0.15, -0.1) is 10.2 Å². The van der Waals surface area contributed by atoms with Crippen molar-refractivity contribution in [2.75, 3.05) is 6.54 Å². The summed E-state index contributed by atoms with van der Waals surface area (Å²) < 4.78 is 20.7. The van der Waals surface area contributed by atoms with Gasteiger partial charge in [-0.25, -0.2) is 9.38 Å². The van der Waals surface area contributed by atoms with Crippen LogP contribution in [0, 0.1) is 5.82 Å². The third kappa shape index (κ3) is 4.57. The first-order chi connectivity index (χ1) is 18.4. The van der Waals surface area contributed by atoms with E-state index in [1.165, 1.54) is 23.0 Å². The molecule has 3 heterocycles. The molecule has 3 aromatic carbocycles. The minimum absolute atomic E-state index is 0.156. The lowest BCUT2D eigenvalue weighted by molar-refractivity contribution is -0.130. The van der Waals surface area contributed by atoms with E-state index in [1.807, 2.05) is 42.5 Å². The SMILES string of the molecule is CC1OC(c2nn(-c3ccc(Br)cc3)nc2-c2ccc(F)cc2)N(CCc2ccc3c(c2)=CC(=O)N=3)C1=O. The Kier molecular flexibility index (Phi) is 6.21. The van der Waals surface area contributed by atoms with E-state index in [0.717, 1.165) is 20.9 Å². The first kappa shape index (κ1) is 24.3. The second kappa shape index (κ2) is 9.70. The van der Waals surface area contributed by atoms with Gasteiger partial charge in [0.25, 0.3) is 11.8 Å². The fourth-order valence-electron chi connectivity index (χ4n) is 4.61. The van der Waals surface area contributed by atoms with Crippen molar-refractivity contribution in [3.8, 4) is 16.9 Å². The fourth-order valence-corrected chi connectivity index (χ4v) is 4.88. The Morgan fingerprint density at radius 1 is 1.00 bits per heavy atom. The molecule has 0 radical (unpaired) electrons. The number of benzene rings is 3. The van der Waals surface area contributed by atoms with E-state index in [0.29, 0.717) is 35.3 Å². The van der Waals surface area contributed by atoms with Gasteiger partial charge in [0.2, 0.25) is 0 Å². The molecule has 0 spiro atoms. The standard InChI is InChI=1S/C28H21BrFN5O3/c1-16-27(37)34(13-12-17-2-11-23-19(14-17)15-24(36)31-23)28(38-16)26-25(18-3-7-21(30)8-4-18)32-35(33-26)22-9-5-20(29)6-10-22/h2-11,14-16,28H,12-13H2,1H3. The molecule has 2 amide bonds. The lowest BCUT2D eigenvalue weighted by Crippen LogP contribution is -2.33. The number of hydrogen-bond donors (Lipinski definition) is 0. The predicted molar refractivity (Wildman–Crippen MR) is 140 cm³/mol. The molecule has 10 heteroatoms. The number of nitrogens with zero attached hydrogens (tertiary/aromatic N) is 5. The summed E-state index contributed by atoms with van der Waals surface area (Å²) in [6.45, 7) is 2.08. The summed E-state index contributed by atoms with van der Waals surface area (Å²) in [6, 6.07) is 19.1. The summed E-state index contributed by atoms with van der Waals surface area (Å²) >= 11 is 3.44. The lowest BCUT2D eigenvalue weighted by Gasteiger charge is -2.22. The van der Waals surface area contributed by atoms with Crippen LogP contribution in [0.1, 0.15) is 24.4 Å². The molecule has 2 unspecified atom stereocenters. The fraction of sp³-hybridized carbons (Fsp3) is 0.179. The summed E-state index contributed by atoms with van der Waals surface area (Å²) in [7, 11) is 0. The molecule has 0 saturated carbocycles. The molecule has 1 fully saturated rings. The van der Waals surface area contributed by atoms with Gasteiger partial charge in [-0.2, -0.15) is 4.80 Å². The molecule has 2 atom stereocenters. The Balaban J connectivity index is 1.36. The third-order valence-corrected chi connectivity index (χ3v) is 7.07.